The molecule has 0 aliphatic carbocycles. The molecule has 1 fully saturated rings. The van der Waals surface area contributed by atoms with E-state index in [-0.39, 0.29) is 5.91 Å². The highest BCUT2D eigenvalue weighted by molar-refractivity contribution is 5.76. The largest absolute Gasteiger partial charge is 0.461 e. The standard InChI is InChI=1S/C18H26N4O4/c1-21(2)11-14-12-22(8-10-24-13-14)17(23)7-3-6-16-19-18(20-26-16)15-5-4-9-25-15/h4-5,9,14H,3,6-8,10-13H2,1-2H3/t14-/m1/s1. The van der Waals surface area contributed by atoms with Crippen LogP contribution in [0.15, 0.2) is 27.3 Å². The summed E-state index contributed by atoms with van der Waals surface area (Å²) in [6, 6.07) is 3.56. The Morgan fingerprint density at radius 2 is 2.31 bits per heavy atom. The van der Waals surface area contributed by atoms with E-state index >= 15 is 0 Å². The summed E-state index contributed by atoms with van der Waals surface area (Å²) in [5.41, 5.74) is 0. The third-order valence-corrected chi connectivity index (χ3v) is 4.30. The molecule has 0 N–H and O–H groups in total. The first-order valence-electron chi connectivity index (χ1n) is 8.98. The third kappa shape index (κ3) is 5.15. The smallest absolute Gasteiger partial charge is 0.238 e. The van der Waals surface area contributed by atoms with E-state index in [0.29, 0.717) is 62.4 Å². The van der Waals surface area contributed by atoms with E-state index in [0.717, 1.165) is 13.1 Å². The molecule has 2 aromatic rings. The van der Waals surface area contributed by atoms with Crippen molar-refractivity contribution in [3.8, 4) is 11.6 Å². The molecule has 3 heterocycles. The number of rotatable bonds is 7. The Morgan fingerprint density at radius 3 is 3.08 bits per heavy atom. The van der Waals surface area contributed by atoms with Gasteiger partial charge in [0.05, 0.1) is 19.5 Å². The first-order chi connectivity index (χ1) is 12.6. The normalized spacial score (nSPS) is 18.3. The minimum Gasteiger partial charge on any atom is -0.461 e. The second-order valence-corrected chi connectivity index (χ2v) is 6.89. The lowest BCUT2D eigenvalue weighted by molar-refractivity contribution is -0.131. The number of aromatic nitrogens is 2. The molecule has 3 rings (SSSR count). The first-order valence-corrected chi connectivity index (χ1v) is 8.98. The van der Waals surface area contributed by atoms with Crippen LogP contribution in [0.2, 0.25) is 0 Å². The Kier molecular flexibility index (Phi) is 6.40. The van der Waals surface area contributed by atoms with E-state index in [1.165, 1.54) is 0 Å². The number of aryl methyl sites for hydroxylation is 1. The van der Waals surface area contributed by atoms with Crippen molar-refractivity contribution in [2.24, 2.45) is 5.92 Å². The Balaban J connectivity index is 1.46. The maximum Gasteiger partial charge on any atom is 0.238 e. The van der Waals surface area contributed by atoms with Crippen molar-refractivity contribution in [1.29, 1.82) is 0 Å². The maximum atomic E-state index is 12.5. The van der Waals surface area contributed by atoms with Gasteiger partial charge in [0, 0.05) is 38.4 Å². The Hall–Kier alpha value is -2.19. The lowest BCUT2D eigenvalue weighted by Gasteiger charge is -2.25. The number of furan rings is 1. The van der Waals surface area contributed by atoms with Gasteiger partial charge in [-0.05, 0) is 32.6 Å². The maximum absolute atomic E-state index is 12.5. The number of hydrogen-bond donors (Lipinski definition) is 0. The zero-order chi connectivity index (χ0) is 18.4. The molecule has 0 spiro atoms. The van der Waals surface area contributed by atoms with Crippen molar-refractivity contribution in [2.45, 2.75) is 19.3 Å². The van der Waals surface area contributed by atoms with Crippen LogP contribution in [0.4, 0.5) is 0 Å². The molecule has 26 heavy (non-hydrogen) atoms. The van der Waals surface area contributed by atoms with Crippen LogP contribution in [0.1, 0.15) is 18.7 Å². The van der Waals surface area contributed by atoms with E-state index < -0.39 is 0 Å². The SMILES string of the molecule is CN(C)C[C@H]1COCCN(C(=O)CCCc2nc(-c3ccco3)no2)C1. The van der Waals surface area contributed by atoms with E-state index in [4.69, 9.17) is 13.7 Å². The van der Waals surface area contributed by atoms with Gasteiger partial charge in [-0.1, -0.05) is 5.16 Å². The van der Waals surface area contributed by atoms with Crippen LogP contribution in [0.5, 0.6) is 0 Å². The zero-order valence-electron chi connectivity index (χ0n) is 15.4. The fraction of sp³-hybridized carbons (Fsp3) is 0.611. The number of carbonyl (C=O) groups excluding carboxylic acids is 1. The van der Waals surface area contributed by atoms with Gasteiger partial charge < -0.3 is 23.5 Å². The Labute approximate surface area is 153 Å². The van der Waals surface area contributed by atoms with Gasteiger partial charge in [-0.3, -0.25) is 4.79 Å². The summed E-state index contributed by atoms with van der Waals surface area (Å²) in [5.74, 6) is 2.04. The third-order valence-electron chi connectivity index (χ3n) is 4.30. The molecule has 0 unspecified atom stereocenters. The predicted octanol–water partition coefficient (Wildman–Crippen LogP) is 1.69. The molecule has 1 amide bonds. The van der Waals surface area contributed by atoms with Crippen LogP contribution < -0.4 is 0 Å². The lowest BCUT2D eigenvalue weighted by Crippen LogP contribution is -2.38. The molecular formula is C18H26N4O4. The summed E-state index contributed by atoms with van der Waals surface area (Å²) < 4.78 is 16.1. The lowest BCUT2D eigenvalue weighted by atomic mass is 10.1. The second-order valence-electron chi connectivity index (χ2n) is 6.89. The summed E-state index contributed by atoms with van der Waals surface area (Å²) >= 11 is 0. The van der Waals surface area contributed by atoms with E-state index in [2.05, 4.69) is 15.0 Å². The number of ether oxygens (including phenoxy) is 1. The Morgan fingerprint density at radius 1 is 1.42 bits per heavy atom. The number of carbonyl (C=O) groups is 1. The minimum atomic E-state index is 0.157. The highest BCUT2D eigenvalue weighted by atomic mass is 16.5. The summed E-state index contributed by atoms with van der Waals surface area (Å²) in [4.78, 5) is 20.9. The van der Waals surface area contributed by atoms with Gasteiger partial charge in [0.1, 0.15) is 0 Å². The molecule has 0 radical (unpaired) electrons. The van der Waals surface area contributed by atoms with Crippen LogP contribution >= 0.6 is 0 Å². The minimum absolute atomic E-state index is 0.157. The van der Waals surface area contributed by atoms with Crippen molar-refractivity contribution < 1.29 is 18.5 Å². The molecule has 1 saturated heterocycles. The fourth-order valence-electron chi connectivity index (χ4n) is 3.15. The van der Waals surface area contributed by atoms with Gasteiger partial charge in [0.2, 0.25) is 17.6 Å². The number of amides is 1. The van der Waals surface area contributed by atoms with Crippen LogP contribution in [0, 0.1) is 5.92 Å². The molecule has 8 heteroatoms. The van der Waals surface area contributed by atoms with Crippen molar-refractivity contribution >= 4 is 5.91 Å². The fourth-order valence-corrected chi connectivity index (χ4v) is 3.15. The monoisotopic (exact) mass is 362 g/mol. The highest BCUT2D eigenvalue weighted by Crippen LogP contribution is 2.17. The van der Waals surface area contributed by atoms with Gasteiger partial charge in [-0.25, -0.2) is 0 Å². The van der Waals surface area contributed by atoms with Crippen molar-refractivity contribution in [3.05, 3.63) is 24.3 Å². The summed E-state index contributed by atoms with van der Waals surface area (Å²) in [6.07, 6.45) is 3.28. The van der Waals surface area contributed by atoms with Crippen molar-refractivity contribution in [1.82, 2.24) is 19.9 Å². The second kappa shape index (κ2) is 8.95. The first kappa shape index (κ1) is 18.6. The molecule has 1 aliphatic heterocycles. The van der Waals surface area contributed by atoms with Gasteiger partial charge in [-0.2, -0.15) is 4.98 Å². The van der Waals surface area contributed by atoms with E-state index in [1.54, 1.807) is 18.4 Å². The summed E-state index contributed by atoms with van der Waals surface area (Å²) in [5, 5.41) is 3.90. The van der Waals surface area contributed by atoms with Crippen molar-refractivity contribution in [2.75, 3.05) is 46.9 Å². The number of nitrogens with zero attached hydrogens (tertiary/aromatic N) is 4. The molecule has 1 atom stereocenters. The quantitative estimate of drug-likeness (QED) is 0.741. The summed E-state index contributed by atoms with van der Waals surface area (Å²) in [6.45, 7) is 3.64. The van der Waals surface area contributed by atoms with E-state index in [9.17, 15) is 4.79 Å². The molecular weight excluding hydrogens is 336 g/mol. The molecule has 1 aliphatic rings. The summed E-state index contributed by atoms with van der Waals surface area (Å²) in [7, 11) is 4.08. The average Bonchev–Trinajstić information content (AvgIpc) is 3.23. The molecule has 0 saturated carbocycles. The highest BCUT2D eigenvalue weighted by Gasteiger charge is 2.22. The van der Waals surface area contributed by atoms with E-state index in [1.807, 2.05) is 19.0 Å². The average molecular weight is 362 g/mol. The number of hydrogen-bond acceptors (Lipinski definition) is 7. The van der Waals surface area contributed by atoms with Crippen LogP contribution in [0.3, 0.4) is 0 Å². The predicted molar refractivity (Wildman–Crippen MR) is 94.4 cm³/mol. The molecule has 0 aromatic carbocycles. The molecule has 0 bridgehead atoms. The molecule has 142 valence electrons. The molecule has 2 aromatic heterocycles. The topological polar surface area (TPSA) is 84.8 Å². The zero-order valence-corrected chi connectivity index (χ0v) is 15.4. The molecule has 8 nitrogen and oxygen atoms in total. The van der Waals surface area contributed by atoms with Gasteiger partial charge >= 0.3 is 0 Å². The van der Waals surface area contributed by atoms with Crippen LogP contribution in [0.25, 0.3) is 11.6 Å². The Bertz CT molecular complexity index is 683. The van der Waals surface area contributed by atoms with Crippen LogP contribution in [-0.2, 0) is 16.0 Å². The van der Waals surface area contributed by atoms with Gasteiger partial charge in [-0.15, -0.1) is 0 Å². The van der Waals surface area contributed by atoms with Gasteiger partial charge in [0.25, 0.3) is 0 Å². The van der Waals surface area contributed by atoms with Crippen molar-refractivity contribution in [3.63, 3.8) is 0 Å². The van der Waals surface area contributed by atoms with Gasteiger partial charge in [0.15, 0.2) is 5.76 Å². The van der Waals surface area contributed by atoms with Crippen LogP contribution in [-0.4, -0.2) is 72.8 Å².